The predicted octanol–water partition coefficient (Wildman–Crippen LogP) is 2.84. The first-order valence-corrected chi connectivity index (χ1v) is 8.30. The van der Waals surface area contributed by atoms with Gasteiger partial charge < -0.3 is 5.32 Å². The van der Waals surface area contributed by atoms with Crippen molar-refractivity contribution in [3.05, 3.63) is 45.9 Å². The van der Waals surface area contributed by atoms with Crippen LogP contribution in [-0.4, -0.2) is 32.4 Å². The Morgan fingerprint density at radius 2 is 1.89 bits per heavy atom. The third-order valence-corrected chi connectivity index (χ3v) is 4.42. The molecule has 1 fully saturated rings. The second kappa shape index (κ2) is 9.57. The molecule has 0 aliphatic carbocycles. The molecule has 0 unspecified atom stereocenters. The lowest BCUT2D eigenvalue weighted by Gasteiger charge is -2.21. The molecule has 2 aromatic rings. The number of nitrogens with zero attached hydrogens (tertiary/aromatic N) is 4. The Hall–Kier alpha value is -1.58. The summed E-state index contributed by atoms with van der Waals surface area (Å²) in [5.74, 6) is 0.981. The molecule has 0 atom stereocenters. The summed E-state index contributed by atoms with van der Waals surface area (Å²) in [5, 5.41) is 7.74. The molecule has 3 heterocycles. The standard InChI is InChI=1S/C16H20F3N5O.2ClH/c1-2-23-14(12-5-7-20-8-6-12)22-24(15(23)25)10-11-3-4-13(21-9-11)16(17,18)19;;/h3-4,9,12,20H,2,5-8,10H2,1H3;2*1H. The lowest BCUT2D eigenvalue weighted by atomic mass is 9.97. The molecule has 1 aliphatic rings. The molecule has 1 aliphatic heterocycles. The highest BCUT2D eigenvalue weighted by Crippen LogP contribution is 2.27. The molecule has 3 rings (SSSR count). The van der Waals surface area contributed by atoms with Crippen LogP contribution in [0.5, 0.6) is 0 Å². The minimum Gasteiger partial charge on any atom is -0.317 e. The number of pyridine rings is 1. The Morgan fingerprint density at radius 1 is 1.22 bits per heavy atom. The van der Waals surface area contributed by atoms with E-state index in [-0.39, 0.29) is 43.0 Å². The molecule has 2 aromatic heterocycles. The SMILES string of the molecule is CCn1c(C2CCNCC2)nn(Cc2ccc(C(F)(F)F)nc2)c1=O.Cl.Cl. The average Bonchev–Trinajstić information content (AvgIpc) is 2.91. The highest BCUT2D eigenvalue weighted by molar-refractivity contribution is 5.85. The van der Waals surface area contributed by atoms with Crippen molar-refractivity contribution in [1.82, 2.24) is 24.6 Å². The number of halogens is 5. The van der Waals surface area contributed by atoms with E-state index in [2.05, 4.69) is 15.4 Å². The Morgan fingerprint density at radius 3 is 2.41 bits per heavy atom. The van der Waals surface area contributed by atoms with Crippen LogP contribution in [0, 0.1) is 0 Å². The summed E-state index contributed by atoms with van der Waals surface area (Å²) in [7, 11) is 0. The van der Waals surface area contributed by atoms with E-state index in [1.165, 1.54) is 10.7 Å². The highest BCUT2D eigenvalue weighted by Gasteiger charge is 2.32. The molecule has 11 heteroatoms. The maximum atomic E-state index is 12.6. The summed E-state index contributed by atoms with van der Waals surface area (Å²) < 4.78 is 40.7. The topological polar surface area (TPSA) is 64.7 Å². The number of hydrogen-bond acceptors (Lipinski definition) is 4. The van der Waals surface area contributed by atoms with E-state index in [4.69, 9.17) is 0 Å². The zero-order valence-corrected chi connectivity index (χ0v) is 16.3. The van der Waals surface area contributed by atoms with Gasteiger partial charge in [0.1, 0.15) is 11.5 Å². The summed E-state index contributed by atoms with van der Waals surface area (Å²) in [5.41, 5.74) is -0.679. The Kier molecular flexibility index (Phi) is 8.31. The second-order valence-corrected chi connectivity index (χ2v) is 6.12. The van der Waals surface area contributed by atoms with Crippen LogP contribution in [0.1, 0.15) is 42.8 Å². The van der Waals surface area contributed by atoms with Crippen LogP contribution < -0.4 is 11.0 Å². The van der Waals surface area contributed by atoms with Crippen molar-refractivity contribution in [2.75, 3.05) is 13.1 Å². The van der Waals surface area contributed by atoms with E-state index < -0.39 is 11.9 Å². The first kappa shape index (κ1) is 23.5. The van der Waals surface area contributed by atoms with E-state index in [0.29, 0.717) is 12.1 Å². The molecule has 0 spiro atoms. The third-order valence-electron chi connectivity index (χ3n) is 4.42. The molecule has 27 heavy (non-hydrogen) atoms. The number of piperidine rings is 1. The molecular formula is C16H22Cl2F3N5O. The van der Waals surface area contributed by atoms with E-state index in [1.54, 1.807) is 4.57 Å². The van der Waals surface area contributed by atoms with E-state index >= 15 is 0 Å². The zero-order chi connectivity index (χ0) is 18.0. The van der Waals surface area contributed by atoms with Crippen LogP contribution in [0.3, 0.4) is 0 Å². The molecule has 6 nitrogen and oxygen atoms in total. The van der Waals surface area contributed by atoms with Crippen LogP contribution in [-0.2, 0) is 19.3 Å². The van der Waals surface area contributed by atoms with Crippen molar-refractivity contribution in [2.45, 2.75) is 44.9 Å². The summed E-state index contributed by atoms with van der Waals surface area (Å²) >= 11 is 0. The predicted molar refractivity (Wildman–Crippen MR) is 99.8 cm³/mol. The van der Waals surface area contributed by atoms with E-state index in [1.807, 2.05) is 6.92 Å². The minimum atomic E-state index is -4.47. The Bertz CT molecular complexity index is 783. The highest BCUT2D eigenvalue weighted by atomic mass is 35.5. The van der Waals surface area contributed by atoms with Gasteiger partial charge in [0, 0.05) is 18.7 Å². The van der Waals surface area contributed by atoms with Crippen molar-refractivity contribution in [3.8, 4) is 0 Å². The second-order valence-electron chi connectivity index (χ2n) is 6.12. The molecule has 152 valence electrons. The normalized spacial score (nSPS) is 15.1. The molecular weight excluding hydrogens is 406 g/mol. The van der Waals surface area contributed by atoms with Crippen molar-refractivity contribution in [2.24, 2.45) is 0 Å². The number of aromatic nitrogens is 4. The molecule has 1 saturated heterocycles. The Labute approximate surface area is 167 Å². The minimum absolute atomic E-state index is 0. The van der Waals surface area contributed by atoms with E-state index in [0.717, 1.165) is 44.0 Å². The quantitative estimate of drug-likeness (QED) is 0.814. The van der Waals surface area contributed by atoms with Crippen molar-refractivity contribution in [1.29, 1.82) is 0 Å². The average molecular weight is 428 g/mol. The maximum Gasteiger partial charge on any atom is 0.433 e. The first-order chi connectivity index (χ1) is 11.9. The molecule has 0 amide bonds. The maximum absolute atomic E-state index is 12.6. The van der Waals surface area contributed by atoms with Gasteiger partial charge in [0.2, 0.25) is 0 Å². The van der Waals surface area contributed by atoms with Crippen LogP contribution in [0.2, 0.25) is 0 Å². The van der Waals surface area contributed by atoms with Crippen LogP contribution in [0.15, 0.2) is 23.1 Å². The lowest BCUT2D eigenvalue weighted by Crippen LogP contribution is -2.29. The number of alkyl halides is 3. The largest absolute Gasteiger partial charge is 0.433 e. The van der Waals surface area contributed by atoms with Crippen LogP contribution in [0.4, 0.5) is 13.2 Å². The van der Waals surface area contributed by atoms with Gasteiger partial charge in [-0.15, -0.1) is 24.8 Å². The lowest BCUT2D eigenvalue weighted by molar-refractivity contribution is -0.141. The number of rotatable bonds is 4. The van der Waals surface area contributed by atoms with Crippen molar-refractivity contribution in [3.63, 3.8) is 0 Å². The van der Waals surface area contributed by atoms with Crippen LogP contribution in [0.25, 0.3) is 0 Å². The molecule has 1 N–H and O–H groups in total. The number of hydrogen-bond donors (Lipinski definition) is 1. The van der Waals surface area contributed by atoms with Crippen LogP contribution >= 0.6 is 24.8 Å². The monoisotopic (exact) mass is 427 g/mol. The Balaban J connectivity index is 0.00000182. The molecule has 0 radical (unpaired) electrons. The van der Waals surface area contributed by atoms with Gasteiger partial charge in [0.15, 0.2) is 0 Å². The van der Waals surface area contributed by atoms with Gasteiger partial charge in [-0.2, -0.15) is 18.3 Å². The molecule has 0 bridgehead atoms. The van der Waals surface area contributed by atoms with Crippen molar-refractivity contribution >= 4 is 24.8 Å². The molecule has 0 saturated carbocycles. The summed E-state index contributed by atoms with van der Waals surface area (Å²) in [4.78, 5) is 16.0. The van der Waals surface area contributed by atoms with Gasteiger partial charge in [0.25, 0.3) is 0 Å². The fourth-order valence-corrected chi connectivity index (χ4v) is 3.10. The van der Waals surface area contributed by atoms with Gasteiger partial charge in [-0.25, -0.2) is 9.48 Å². The first-order valence-electron chi connectivity index (χ1n) is 8.30. The fraction of sp³-hybridized carbons (Fsp3) is 0.562. The van der Waals surface area contributed by atoms with Gasteiger partial charge in [-0.05, 0) is 44.5 Å². The summed E-state index contributed by atoms with van der Waals surface area (Å²) in [6.45, 7) is 4.28. The van der Waals surface area contributed by atoms with Gasteiger partial charge in [-0.3, -0.25) is 9.55 Å². The molecule has 0 aromatic carbocycles. The summed E-state index contributed by atoms with van der Waals surface area (Å²) in [6, 6.07) is 2.25. The fourth-order valence-electron chi connectivity index (χ4n) is 3.10. The number of nitrogens with one attached hydrogen (secondary N) is 1. The van der Waals surface area contributed by atoms with Crippen molar-refractivity contribution < 1.29 is 13.2 Å². The summed E-state index contributed by atoms with van der Waals surface area (Å²) in [6.07, 6.45) is -1.50. The van der Waals surface area contributed by atoms with Gasteiger partial charge >= 0.3 is 11.9 Å². The third kappa shape index (κ3) is 5.24. The zero-order valence-electron chi connectivity index (χ0n) is 14.7. The smallest absolute Gasteiger partial charge is 0.317 e. The van der Waals surface area contributed by atoms with Gasteiger partial charge in [0.05, 0.1) is 6.54 Å². The van der Waals surface area contributed by atoms with Gasteiger partial charge in [-0.1, -0.05) is 6.07 Å². The van der Waals surface area contributed by atoms with E-state index in [9.17, 15) is 18.0 Å².